The Labute approximate surface area is 123 Å². The molecule has 114 valence electrons. The van der Waals surface area contributed by atoms with Gasteiger partial charge in [0.15, 0.2) is 0 Å². The van der Waals surface area contributed by atoms with Crippen molar-refractivity contribution in [3.05, 3.63) is 0 Å². The van der Waals surface area contributed by atoms with Gasteiger partial charge in [0.2, 0.25) is 0 Å². The molecule has 2 nitrogen and oxygen atoms in total. The lowest BCUT2D eigenvalue weighted by molar-refractivity contribution is -0.187. The molecule has 0 unspecified atom stereocenters. The van der Waals surface area contributed by atoms with E-state index in [0.29, 0.717) is 0 Å². The molecule has 0 N–H and O–H groups in total. The molecule has 2 aliphatic carbocycles. The minimum absolute atomic E-state index is 0.101. The van der Waals surface area contributed by atoms with E-state index in [1.54, 1.807) is 0 Å². The topological polar surface area (TPSA) is 26.3 Å². The molecular weight excluding hydrogens is 248 g/mol. The maximum absolute atomic E-state index is 11.7. The molecule has 0 radical (unpaired) electrons. The van der Waals surface area contributed by atoms with Crippen molar-refractivity contribution in [3.63, 3.8) is 0 Å². The molecule has 1 heterocycles. The van der Waals surface area contributed by atoms with Crippen LogP contribution < -0.4 is 0 Å². The van der Waals surface area contributed by atoms with Crippen molar-refractivity contribution in [1.82, 2.24) is 0 Å². The predicted molar refractivity (Wildman–Crippen MR) is 80.4 cm³/mol. The van der Waals surface area contributed by atoms with E-state index in [2.05, 4.69) is 0 Å². The molecule has 0 bridgehead atoms. The fourth-order valence-electron chi connectivity index (χ4n) is 4.56. The van der Waals surface area contributed by atoms with E-state index in [4.69, 9.17) is 4.74 Å². The quantitative estimate of drug-likeness (QED) is 0.671. The van der Waals surface area contributed by atoms with Crippen molar-refractivity contribution in [3.8, 4) is 0 Å². The summed E-state index contributed by atoms with van der Waals surface area (Å²) in [6, 6.07) is 0. The summed E-state index contributed by atoms with van der Waals surface area (Å²) < 4.78 is 5.45. The highest BCUT2D eigenvalue weighted by Crippen LogP contribution is 2.38. The Morgan fingerprint density at radius 2 is 1.40 bits per heavy atom. The molecule has 20 heavy (non-hydrogen) atoms. The monoisotopic (exact) mass is 278 g/mol. The molecule has 0 aromatic rings. The molecule has 0 aromatic carbocycles. The van der Waals surface area contributed by atoms with Crippen LogP contribution in [0.4, 0.5) is 0 Å². The number of ether oxygens (including phenoxy) is 1. The van der Waals surface area contributed by atoms with Crippen molar-refractivity contribution < 1.29 is 9.53 Å². The van der Waals surface area contributed by atoms with Gasteiger partial charge in [0.25, 0.3) is 0 Å². The van der Waals surface area contributed by atoms with Crippen LogP contribution in [0.5, 0.6) is 0 Å². The van der Waals surface area contributed by atoms with E-state index in [1.165, 1.54) is 70.6 Å². The fourth-order valence-corrected chi connectivity index (χ4v) is 4.56. The van der Waals surface area contributed by atoms with Crippen LogP contribution in [-0.4, -0.2) is 12.1 Å². The highest BCUT2D eigenvalue weighted by atomic mass is 16.6. The van der Waals surface area contributed by atoms with Gasteiger partial charge < -0.3 is 4.74 Å². The average molecular weight is 278 g/mol. The Morgan fingerprint density at radius 1 is 0.800 bits per heavy atom. The van der Waals surface area contributed by atoms with Crippen LogP contribution in [0.25, 0.3) is 0 Å². The molecule has 0 aromatic heterocycles. The van der Waals surface area contributed by atoms with Crippen molar-refractivity contribution in [1.29, 1.82) is 0 Å². The largest absolute Gasteiger partial charge is 0.461 e. The molecule has 3 fully saturated rings. The predicted octanol–water partition coefficient (Wildman–Crippen LogP) is 4.86. The molecule has 2 saturated carbocycles. The number of hydrogen-bond acceptors (Lipinski definition) is 2. The van der Waals surface area contributed by atoms with E-state index in [0.717, 1.165) is 24.7 Å². The summed E-state index contributed by atoms with van der Waals surface area (Å²) in [6.07, 6.45) is 17.7. The second kappa shape index (κ2) is 6.95. The third-order valence-electron chi connectivity index (χ3n) is 5.92. The average Bonchev–Trinajstić information content (AvgIpc) is 2.51. The first-order chi connectivity index (χ1) is 9.83. The molecule has 3 rings (SSSR count). The summed E-state index contributed by atoms with van der Waals surface area (Å²) in [5, 5.41) is 0. The summed E-state index contributed by atoms with van der Waals surface area (Å²) in [5.74, 6) is 2.07. The Balaban J connectivity index is 1.41. The van der Waals surface area contributed by atoms with Crippen LogP contribution in [0, 0.1) is 17.8 Å². The molecule has 1 aliphatic heterocycles. The summed E-state index contributed by atoms with van der Waals surface area (Å²) in [4.78, 5) is 11.7. The highest BCUT2D eigenvalue weighted by molar-refractivity contribution is 5.78. The number of carbonyl (C=O) groups excluding carboxylic acids is 1. The molecule has 1 saturated heterocycles. The van der Waals surface area contributed by atoms with Crippen LogP contribution in [0.3, 0.4) is 0 Å². The smallest absolute Gasteiger partial charge is 0.313 e. The summed E-state index contributed by atoms with van der Waals surface area (Å²) >= 11 is 0. The van der Waals surface area contributed by atoms with E-state index < -0.39 is 0 Å². The van der Waals surface area contributed by atoms with Crippen molar-refractivity contribution >= 4 is 5.97 Å². The standard InChI is InChI=1S/C18H30O2/c19-18-16(13-15-9-5-2-6-10-15)17(20-18)12-11-14-7-3-1-4-8-14/h14-17H,1-13H2/t16-,17+/m1/s1. The highest BCUT2D eigenvalue weighted by Gasteiger charge is 2.43. The third-order valence-corrected chi connectivity index (χ3v) is 5.92. The number of cyclic esters (lactones) is 1. The lowest BCUT2D eigenvalue weighted by atomic mass is 9.77. The Bertz CT molecular complexity index is 313. The van der Waals surface area contributed by atoms with Crippen LogP contribution in [0.2, 0.25) is 0 Å². The lowest BCUT2D eigenvalue weighted by Crippen LogP contribution is -2.46. The van der Waals surface area contributed by atoms with E-state index in [1.807, 2.05) is 0 Å². The third kappa shape index (κ3) is 3.56. The zero-order valence-corrected chi connectivity index (χ0v) is 12.8. The van der Waals surface area contributed by atoms with Gasteiger partial charge in [-0.05, 0) is 31.1 Å². The second-order valence-corrected chi connectivity index (χ2v) is 7.40. The van der Waals surface area contributed by atoms with Crippen molar-refractivity contribution in [2.75, 3.05) is 0 Å². The molecular formula is C18H30O2. The van der Waals surface area contributed by atoms with Crippen LogP contribution in [0.1, 0.15) is 83.5 Å². The second-order valence-electron chi connectivity index (χ2n) is 7.40. The van der Waals surface area contributed by atoms with Gasteiger partial charge in [0, 0.05) is 0 Å². The van der Waals surface area contributed by atoms with E-state index in [9.17, 15) is 4.79 Å². The van der Waals surface area contributed by atoms with Gasteiger partial charge in [0.05, 0.1) is 5.92 Å². The maximum atomic E-state index is 11.7. The summed E-state index contributed by atoms with van der Waals surface area (Å²) in [6.45, 7) is 0. The van der Waals surface area contributed by atoms with Gasteiger partial charge in [-0.2, -0.15) is 0 Å². The van der Waals surface area contributed by atoms with Gasteiger partial charge in [-0.3, -0.25) is 4.79 Å². The minimum Gasteiger partial charge on any atom is -0.461 e. The van der Waals surface area contributed by atoms with Crippen molar-refractivity contribution in [2.45, 2.75) is 89.6 Å². The van der Waals surface area contributed by atoms with Crippen LogP contribution in [0.15, 0.2) is 0 Å². The molecule has 0 spiro atoms. The zero-order valence-electron chi connectivity index (χ0n) is 12.8. The van der Waals surface area contributed by atoms with Crippen LogP contribution >= 0.6 is 0 Å². The SMILES string of the molecule is O=C1O[C@@H](CCC2CCCCC2)[C@H]1CC1CCCCC1. The number of carbonyl (C=O) groups is 1. The maximum Gasteiger partial charge on any atom is 0.313 e. The summed E-state index contributed by atoms with van der Waals surface area (Å²) in [5.41, 5.74) is 0. The molecule has 2 heteroatoms. The van der Waals surface area contributed by atoms with Gasteiger partial charge in [-0.1, -0.05) is 64.2 Å². The van der Waals surface area contributed by atoms with Gasteiger partial charge in [-0.15, -0.1) is 0 Å². The number of rotatable bonds is 5. The number of hydrogen-bond donors (Lipinski definition) is 0. The van der Waals surface area contributed by atoms with E-state index in [-0.39, 0.29) is 18.0 Å². The minimum atomic E-state index is 0.101. The Hall–Kier alpha value is -0.530. The lowest BCUT2D eigenvalue weighted by Gasteiger charge is -2.38. The Morgan fingerprint density at radius 3 is 2.00 bits per heavy atom. The van der Waals surface area contributed by atoms with Gasteiger partial charge in [-0.25, -0.2) is 0 Å². The Kier molecular flexibility index (Phi) is 5.01. The fraction of sp³-hybridized carbons (Fsp3) is 0.944. The molecule has 3 aliphatic rings. The number of esters is 1. The van der Waals surface area contributed by atoms with E-state index >= 15 is 0 Å². The first-order valence-corrected chi connectivity index (χ1v) is 9.03. The molecule has 2 atom stereocenters. The first-order valence-electron chi connectivity index (χ1n) is 9.03. The zero-order chi connectivity index (χ0) is 13.8. The summed E-state index contributed by atoms with van der Waals surface area (Å²) in [7, 11) is 0. The van der Waals surface area contributed by atoms with Crippen molar-refractivity contribution in [2.24, 2.45) is 17.8 Å². The van der Waals surface area contributed by atoms with Crippen LogP contribution in [-0.2, 0) is 9.53 Å². The first kappa shape index (κ1) is 14.4. The molecule has 0 amide bonds. The van der Waals surface area contributed by atoms with Gasteiger partial charge in [0.1, 0.15) is 6.10 Å². The van der Waals surface area contributed by atoms with Gasteiger partial charge >= 0.3 is 5.97 Å². The normalized spacial score (nSPS) is 32.7.